The average Bonchev–Trinajstić information content (AvgIpc) is 3.30. The van der Waals surface area contributed by atoms with Crippen molar-refractivity contribution in [2.75, 3.05) is 18.0 Å². The number of hydrogen-bond acceptors (Lipinski definition) is 7. The van der Waals surface area contributed by atoms with E-state index >= 15 is 0 Å². The predicted molar refractivity (Wildman–Crippen MR) is 128 cm³/mol. The molecule has 1 N–H and O–H groups in total. The lowest BCUT2D eigenvalue weighted by molar-refractivity contribution is -0.164. The average molecular weight is 482 g/mol. The van der Waals surface area contributed by atoms with Gasteiger partial charge in [0.1, 0.15) is 24.2 Å². The van der Waals surface area contributed by atoms with E-state index in [1.807, 2.05) is 11.0 Å². The minimum atomic E-state index is -0.361. The first-order valence-corrected chi connectivity index (χ1v) is 11.6. The van der Waals surface area contributed by atoms with Crippen molar-refractivity contribution >= 4 is 29.7 Å². The van der Waals surface area contributed by atoms with Crippen molar-refractivity contribution in [1.82, 2.24) is 15.3 Å². The van der Waals surface area contributed by atoms with Gasteiger partial charge in [-0.2, -0.15) is 5.26 Å². The third-order valence-electron chi connectivity index (χ3n) is 7.03. The number of ether oxygens (including phenoxy) is 1. The first-order chi connectivity index (χ1) is 16.1. The van der Waals surface area contributed by atoms with Crippen LogP contribution < -0.4 is 15.0 Å². The summed E-state index contributed by atoms with van der Waals surface area (Å²) in [6.45, 7) is 9.53. The molecule has 1 aromatic carbocycles. The summed E-state index contributed by atoms with van der Waals surface area (Å²) in [5.74, 6) is 0.872. The van der Waals surface area contributed by atoms with E-state index < -0.39 is 0 Å². The molecule has 0 bridgehead atoms. The number of nitriles is 1. The molecule has 178 valence electrons. The van der Waals surface area contributed by atoms with Gasteiger partial charge in [-0.05, 0) is 18.6 Å². The van der Waals surface area contributed by atoms with Gasteiger partial charge in [-0.3, -0.25) is 4.79 Å². The molecule has 2 aromatic rings. The van der Waals surface area contributed by atoms with Crippen LogP contribution in [-0.2, 0) is 4.79 Å². The Morgan fingerprint density at radius 1 is 1.26 bits per heavy atom. The van der Waals surface area contributed by atoms with Crippen LogP contribution in [0.1, 0.15) is 50.0 Å². The van der Waals surface area contributed by atoms with Gasteiger partial charge in [0.15, 0.2) is 0 Å². The van der Waals surface area contributed by atoms with Crippen LogP contribution in [0.5, 0.6) is 5.75 Å². The lowest BCUT2D eigenvalue weighted by Gasteiger charge is -2.63. The fourth-order valence-electron chi connectivity index (χ4n) is 5.49. The molecule has 2 fully saturated rings. The van der Waals surface area contributed by atoms with Crippen molar-refractivity contribution in [3.05, 3.63) is 46.7 Å². The first-order valence-electron chi connectivity index (χ1n) is 11.3. The number of carbonyl (C=O) groups is 2. The van der Waals surface area contributed by atoms with E-state index in [-0.39, 0.29) is 34.8 Å². The van der Waals surface area contributed by atoms with Gasteiger partial charge in [0, 0.05) is 54.3 Å². The van der Waals surface area contributed by atoms with E-state index in [9.17, 15) is 9.59 Å². The molecule has 1 saturated heterocycles. The number of aromatic nitrogens is 2. The largest absolute Gasteiger partial charge is 0.489 e. The van der Waals surface area contributed by atoms with Crippen LogP contribution in [0.15, 0.2) is 30.6 Å². The molecule has 0 unspecified atom stereocenters. The fourth-order valence-corrected chi connectivity index (χ4v) is 5.70. The van der Waals surface area contributed by atoms with Crippen LogP contribution in [-0.4, -0.2) is 47.4 Å². The van der Waals surface area contributed by atoms with Gasteiger partial charge >= 0.3 is 0 Å². The molecule has 34 heavy (non-hydrogen) atoms. The Balaban J connectivity index is 1.42. The molecule has 2 aliphatic rings. The lowest BCUT2D eigenvalue weighted by atomic mass is 9.49. The molecule has 0 spiro atoms. The Bertz CT molecular complexity index is 1130. The number of anilines is 1. The van der Waals surface area contributed by atoms with Crippen LogP contribution >= 0.6 is 11.6 Å². The topological polar surface area (TPSA) is 108 Å². The van der Waals surface area contributed by atoms with Gasteiger partial charge in [-0.1, -0.05) is 39.3 Å². The second-order valence-corrected chi connectivity index (χ2v) is 10.6. The third-order valence-corrected chi connectivity index (χ3v) is 7.34. The summed E-state index contributed by atoms with van der Waals surface area (Å²) in [5, 5.41) is 12.6. The van der Waals surface area contributed by atoms with E-state index in [2.05, 4.69) is 43.0 Å². The van der Waals surface area contributed by atoms with Crippen molar-refractivity contribution in [1.29, 1.82) is 5.26 Å². The summed E-state index contributed by atoms with van der Waals surface area (Å²) in [7, 11) is 0. The van der Waals surface area contributed by atoms with Crippen molar-refractivity contribution < 1.29 is 14.3 Å². The number of nitrogens with zero attached hydrogens (tertiary/aromatic N) is 4. The zero-order valence-electron chi connectivity index (χ0n) is 19.7. The summed E-state index contributed by atoms with van der Waals surface area (Å²) in [4.78, 5) is 34.6. The summed E-state index contributed by atoms with van der Waals surface area (Å²) >= 11 is 6.16. The number of halogens is 1. The highest BCUT2D eigenvalue weighted by Crippen LogP contribution is 2.55. The second kappa shape index (κ2) is 8.88. The van der Waals surface area contributed by atoms with Crippen LogP contribution in [0.2, 0.25) is 5.02 Å². The van der Waals surface area contributed by atoms with Gasteiger partial charge in [-0.25, -0.2) is 9.97 Å². The molecule has 0 radical (unpaired) electrons. The highest BCUT2D eigenvalue weighted by molar-refractivity contribution is 6.31. The van der Waals surface area contributed by atoms with Gasteiger partial charge in [-0.15, -0.1) is 0 Å². The van der Waals surface area contributed by atoms with Gasteiger partial charge in [0.2, 0.25) is 5.95 Å². The smallest absolute Gasteiger partial charge is 0.254 e. The van der Waals surface area contributed by atoms with E-state index in [0.717, 1.165) is 19.3 Å². The molecule has 1 saturated carbocycles. The number of carbonyl (C=O) groups excluding carboxylic acids is 2. The lowest BCUT2D eigenvalue weighted by Crippen LogP contribution is -2.74. The summed E-state index contributed by atoms with van der Waals surface area (Å²) in [6.07, 6.45) is 4.62. The summed E-state index contributed by atoms with van der Waals surface area (Å²) in [6, 6.07) is 6.91. The Labute approximate surface area is 204 Å². The van der Waals surface area contributed by atoms with Crippen LogP contribution in [0.3, 0.4) is 0 Å². The molecule has 1 aromatic heterocycles. The Kier molecular flexibility index (Phi) is 6.26. The molecule has 2 heterocycles. The van der Waals surface area contributed by atoms with Crippen molar-refractivity contribution in [3.63, 3.8) is 0 Å². The predicted octanol–water partition coefficient (Wildman–Crippen LogP) is 3.64. The monoisotopic (exact) mass is 481 g/mol. The molecular weight excluding hydrogens is 454 g/mol. The molecule has 9 heteroatoms. The highest BCUT2D eigenvalue weighted by Gasteiger charge is 2.64. The number of nitrogens with one attached hydrogen (secondary N) is 1. The highest BCUT2D eigenvalue weighted by atomic mass is 35.5. The third kappa shape index (κ3) is 4.21. The van der Waals surface area contributed by atoms with Crippen LogP contribution in [0.4, 0.5) is 5.95 Å². The summed E-state index contributed by atoms with van der Waals surface area (Å²) in [5.41, 5.74) is 0.0527. The number of aldehydes is 1. The van der Waals surface area contributed by atoms with E-state index in [1.54, 1.807) is 18.2 Å². The molecule has 4 rings (SSSR count). The minimum absolute atomic E-state index is 0.00475. The molecule has 1 amide bonds. The maximum Gasteiger partial charge on any atom is 0.254 e. The van der Waals surface area contributed by atoms with Gasteiger partial charge < -0.3 is 19.7 Å². The van der Waals surface area contributed by atoms with Crippen molar-refractivity contribution in [2.45, 2.75) is 46.3 Å². The van der Waals surface area contributed by atoms with Crippen LogP contribution in [0, 0.1) is 28.1 Å². The van der Waals surface area contributed by atoms with Gasteiger partial charge in [0.05, 0.1) is 16.1 Å². The SMILES string of the molecule is CC1(C)[C@H](NC(=O)c2cnc(N3CC[C@H](C=O)C3)nc2)C(C)(C)[C@H]1Oc1ccc(C#N)c(Cl)c1. The fraction of sp³-hybridized carbons (Fsp3) is 0.480. The molecule has 1 aliphatic carbocycles. The normalized spacial score (nSPS) is 24.6. The molecule has 1 aliphatic heterocycles. The zero-order valence-corrected chi connectivity index (χ0v) is 20.5. The Hall–Kier alpha value is -3.18. The van der Waals surface area contributed by atoms with E-state index in [1.165, 1.54) is 12.4 Å². The van der Waals surface area contributed by atoms with E-state index in [0.29, 0.717) is 34.4 Å². The first kappa shape index (κ1) is 24.0. The van der Waals surface area contributed by atoms with E-state index in [4.69, 9.17) is 21.6 Å². The molecular formula is C25H28ClN5O3. The second-order valence-electron chi connectivity index (χ2n) is 10.2. The Morgan fingerprint density at radius 2 is 1.94 bits per heavy atom. The number of benzene rings is 1. The number of hydrogen-bond donors (Lipinski definition) is 1. The summed E-state index contributed by atoms with van der Waals surface area (Å²) < 4.78 is 6.27. The van der Waals surface area contributed by atoms with Crippen molar-refractivity contribution in [3.8, 4) is 11.8 Å². The maximum atomic E-state index is 13.0. The Morgan fingerprint density at radius 3 is 2.50 bits per heavy atom. The standard InChI is InChI=1S/C25H28ClN5O3/c1-24(2)21(25(3,4)22(24)34-18-6-5-16(10-27)19(26)9-18)30-20(33)17-11-28-23(29-12-17)31-8-7-15(13-31)14-32/h5-6,9,11-12,14-15,21-22H,7-8,13H2,1-4H3,(H,30,33)/t15-,21-,22-/m0/s1. The van der Waals surface area contributed by atoms with Crippen LogP contribution in [0.25, 0.3) is 0 Å². The van der Waals surface area contributed by atoms with Gasteiger partial charge in [0.25, 0.3) is 5.91 Å². The number of amides is 1. The van der Waals surface area contributed by atoms with Crippen molar-refractivity contribution in [2.24, 2.45) is 16.7 Å². The molecule has 8 nitrogen and oxygen atoms in total. The maximum absolute atomic E-state index is 13.0. The zero-order chi connectivity index (χ0) is 24.7. The quantitative estimate of drug-likeness (QED) is 0.627. The molecule has 1 atom stereocenters. The minimum Gasteiger partial charge on any atom is -0.489 e. The number of rotatable bonds is 6.